The molecule has 1 aromatic rings. The Morgan fingerprint density at radius 2 is 1.48 bits per heavy atom. The molecule has 162 valence electrons. The third-order valence-corrected chi connectivity index (χ3v) is 13.9. The molecule has 2 atom stereocenters. The Morgan fingerprint density at radius 1 is 1.00 bits per heavy atom. The lowest BCUT2D eigenvalue weighted by Crippen LogP contribution is -2.69. The highest BCUT2D eigenvalue weighted by Crippen LogP contribution is 2.45. The first-order valence-electron chi connectivity index (χ1n) is 10.4. The van der Waals surface area contributed by atoms with Crippen LogP contribution in [0.5, 0.6) is 0 Å². The molecule has 29 heavy (non-hydrogen) atoms. The van der Waals surface area contributed by atoms with E-state index in [1.54, 1.807) is 36.4 Å². The lowest BCUT2D eigenvalue weighted by Gasteiger charge is -2.51. The summed E-state index contributed by atoms with van der Waals surface area (Å²) in [4.78, 5) is 13.2. The van der Waals surface area contributed by atoms with Gasteiger partial charge in [0.25, 0.3) is 15.9 Å². The zero-order valence-electron chi connectivity index (χ0n) is 18.8. The van der Waals surface area contributed by atoms with Crippen LogP contribution in [0.15, 0.2) is 41.3 Å². The fourth-order valence-corrected chi connectivity index (χ4v) is 11.7. The Balaban J connectivity index is 2.43. The maximum atomic E-state index is 13.2. The standard InChI is InChI=1S/C22H35NO4SSi/c1-9-10-20-21(27-29(15(2)3,16(4)5)17(6)7)22(24)23(20)28(25,26)19-13-11-18(8)12-14-19/h9-17,20-21H,1-8H3/b10-9-/t20-,21-/m1/s1. The number of hydrogen-bond acceptors (Lipinski definition) is 4. The van der Waals surface area contributed by atoms with Gasteiger partial charge in [-0.05, 0) is 42.6 Å². The van der Waals surface area contributed by atoms with E-state index in [-0.39, 0.29) is 4.90 Å². The third kappa shape index (κ3) is 4.09. The second-order valence-corrected chi connectivity index (χ2v) is 16.0. The number of amides is 1. The van der Waals surface area contributed by atoms with E-state index < -0.39 is 36.4 Å². The SMILES string of the molecule is C/C=C\[C@@H]1[C@@H](O[Si](C(C)C)(C(C)C)C(C)C)C(=O)N1S(=O)(=O)c1ccc(C)cc1. The van der Waals surface area contributed by atoms with Gasteiger partial charge < -0.3 is 4.43 Å². The van der Waals surface area contributed by atoms with E-state index in [4.69, 9.17) is 4.43 Å². The topological polar surface area (TPSA) is 63.7 Å². The number of nitrogens with zero attached hydrogens (tertiary/aromatic N) is 1. The highest BCUT2D eigenvalue weighted by Gasteiger charge is 2.58. The van der Waals surface area contributed by atoms with Crippen LogP contribution < -0.4 is 0 Å². The summed E-state index contributed by atoms with van der Waals surface area (Å²) < 4.78 is 34.0. The van der Waals surface area contributed by atoms with E-state index >= 15 is 0 Å². The lowest BCUT2D eigenvalue weighted by molar-refractivity contribution is -0.150. The molecule has 1 saturated heterocycles. The van der Waals surface area contributed by atoms with Crippen LogP contribution in [-0.4, -0.2) is 39.1 Å². The molecule has 1 aromatic carbocycles. The smallest absolute Gasteiger partial charge is 0.267 e. The van der Waals surface area contributed by atoms with Crippen molar-refractivity contribution >= 4 is 24.2 Å². The van der Waals surface area contributed by atoms with Crippen LogP contribution in [0.1, 0.15) is 54.0 Å². The molecule has 1 amide bonds. The van der Waals surface area contributed by atoms with Gasteiger partial charge >= 0.3 is 0 Å². The number of β-lactam (4-membered cyclic amide) rings is 1. The average molecular weight is 438 g/mol. The summed E-state index contributed by atoms with van der Waals surface area (Å²) in [7, 11) is -6.25. The number of sulfonamides is 1. The molecule has 0 saturated carbocycles. The van der Waals surface area contributed by atoms with Gasteiger partial charge in [0.2, 0.25) is 8.32 Å². The van der Waals surface area contributed by atoms with Crippen molar-refractivity contribution in [1.82, 2.24) is 4.31 Å². The van der Waals surface area contributed by atoms with Crippen molar-refractivity contribution in [3.05, 3.63) is 42.0 Å². The zero-order chi connectivity index (χ0) is 22.1. The molecule has 0 N–H and O–H groups in total. The molecular formula is C22H35NO4SSi. The molecule has 1 aliphatic rings. The number of carbonyl (C=O) groups excluding carboxylic acids is 1. The largest absolute Gasteiger partial charge is 0.402 e. The highest BCUT2D eigenvalue weighted by atomic mass is 32.2. The van der Waals surface area contributed by atoms with Gasteiger partial charge in [-0.3, -0.25) is 4.79 Å². The van der Waals surface area contributed by atoms with Gasteiger partial charge in [0.1, 0.15) is 6.04 Å². The van der Waals surface area contributed by atoms with Gasteiger partial charge in [0, 0.05) is 0 Å². The number of aryl methyl sites for hydroxylation is 1. The van der Waals surface area contributed by atoms with Gasteiger partial charge in [-0.15, -0.1) is 0 Å². The molecule has 0 aliphatic carbocycles. The van der Waals surface area contributed by atoms with Crippen molar-refractivity contribution in [1.29, 1.82) is 0 Å². The first-order chi connectivity index (χ1) is 13.4. The minimum atomic E-state index is -3.92. The fourth-order valence-electron chi connectivity index (χ4n) is 4.69. The number of benzene rings is 1. The van der Waals surface area contributed by atoms with Gasteiger partial charge in [0.15, 0.2) is 6.10 Å². The van der Waals surface area contributed by atoms with Gasteiger partial charge in [-0.25, -0.2) is 12.7 Å². The molecule has 1 aliphatic heterocycles. The minimum absolute atomic E-state index is 0.129. The summed E-state index contributed by atoms with van der Waals surface area (Å²) in [6.07, 6.45) is 2.80. The van der Waals surface area contributed by atoms with Gasteiger partial charge in [-0.2, -0.15) is 0 Å². The van der Waals surface area contributed by atoms with E-state index in [0.717, 1.165) is 9.87 Å². The van der Waals surface area contributed by atoms with Gasteiger partial charge in [0.05, 0.1) is 4.90 Å². The predicted octanol–water partition coefficient (Wildman–Crippen LogP) is 5.03. The van der Waals surface area contributed by atoms with Crippen molar-refractivity contribution in [3.8, 4) is 0 Å². The average Bonchev–Trinajstić information content (AvgIpc) is 2.61. The molecule has 2 rings (SSSR count). The van der Waals surface area contributed by atoms with Crippen LogP contribution in [-0.2, 0) is 19.2 Å². The van der Waals surface area contributed by atoms with Crippen LogP contribution in [0.3, 0.4) is 0 Å². The van der Waals surface area contributed by atoms with Crippen LogP contribution in [0, 0.1) is 6.92 Å². The number of carbonyl (C=O) groups is 1. The molecule has 0 bridgehead atoms. The van der Waals surface area contributed by atoms with E-state index in [9.17, 15) is 13.2 Å². The van der Waals surface area contributed by atoms with Crippen molar-refractivity contribution in [3.63, 3.8) is 0 Å². The Bertz CT molecular complexity index is 838. The summed E-state index contributed by atoms with van der Waals surface area (Å²) in [5, 5.41) is 0. The van der Waals surface area contributed by atoms with E-state index in [1.165, 1.54) is 0 Å². The third-order valence-electron chi connectivity index (χ3n) is 6.05. The molecule has 5 nitrogen and oxygen atoms in total. The molecule has 1 heterocycles. The molecular weight excluding hydrogens is 402 g/mol. The summed E-state index contributed by atoms with van der Waals surface area (Å²) >= 11 is 0. The first kappa shape index (κ1) is 23.8. The Morgan fingerprint density at radius 3 is 1.90 bits per heavy atom. The summed E-state index contributed by atoms with van der Waals surface area (Å²) in [5.74, 6) is -0.465. The van der Waals surface area contributed by atoms with E-state index in [2.05, 4.69) is 41.5 Å². The number of allylic oxidation sites excluding steroid dienone is 1. The fraction of sp³-hybridized carbons (Fsp3) is 0.591. The van der Waals surface area contributed by atoms with Crippen molar-refractivity contribution in [2.75, 3.05) is 0 Å². The Labute approximate surface area is 177 Å². The predicted molar refractivity (Wildman–Crippen MR) is 120 cm³/mol. The first-order valence-corrected chi connectivity index (χ1v) is 13.9. The quantitative estimate of drug-likeness (QED) is 0.325. The second kappa shape index (κ2) is 8.74. The molecule has 1 fully saturated rings. The van der Waals surface area contributed by atoms with Crippen LogP contribution in [0.25, 0.3) is 0 Å². The molecule has 0 radical (unpaired) electrons. The second-order valence-electron chi connectivity index (χ2n) is 8.82. The van der Waals surface area contributed by atoms with Gasteiger partial charge in [-0.1, -0.05) is 71.4 Å². The lowest BCUT2D eigenvalue weighted by atomic mass is 10.0. The van der Waals surface area contributed by atoms with Crippen molar-refractivity contribution in [2.45, 2.75) is 89.1 Å². The minimum Gasteiger partial charge on any atom is -0.402 e. The summed E-state index contributed by atoms with van der Waals surface area (Å²) in [6, 6.07) is 5.97. The summed E-state index contributed by atoms with van der Waals surface area (Å²) in [5.41, 5.74) is 1.89. The molecule has 0 spiro atoms. The highest BCUT2D eigenvalue weighted by molar-refractivity contribution is 7.89. The van der Waals surface area contributed by atoms with E-state index in [1.807, 2.05) is 13.8 Å². The monoisotopic (exact) mass is 437 g/mol. The van der Waals surface area contributed by atoms with Crippen LogP contribution >= 0.6 is 0 Å². The van der Waals surface area contributed by atoms with Crippen molar-refractivity contribution in [2.24, 2.45) is 0 Å². The zero-order valence-corrected chi connectivity index (χ0v) is 20.7. The molecule has 0 aromatic heterocycles. The number of rotatable bonds is 8. The molecule has 0 unspecified atom stereocenters. The summed E-state index contributed by atoms with van der Waals surface area (Å²) in [6.45, 7) is 16.6. The Kier molecular flexibility index (Phi) is 7.18. The van der Waals surface area contributed by atoms with Crippen LogP contribution in [0.2, 0.25) is 16.6 Å². The molecule has 7 heteroatoms. The Hall–Kier alpha value is -1.44. The maximum Gasteiger partial charge on any atom is 0.267 e. The normalized spacial score (nSPS) is 20.9. The van der Waals surface area contributed by atoms with Crippen LogP contribution in [0.4, 0.5) is 0 Å². The maximum absolute atomic E-state index is 13.2. The van der Waals surface area contributed by atoms with Crippen molar-refractivity contribution < 1.29 is 17.6 Å². The van der Waals surface area contributed by atoms with E-state index in [0.29, 0.717) is 16.6 Å². The number of hydrogen-bond donors (Lipinski definition) is 0.